The van der Waals surface area contributed by atoms with Gasteiger partial charge in [-0.1, -0.05) is 56.2 Å². The fourth-order valence-corrected chi connectivity index (χ4v) is 6.39. The highest BCUT2D eigenvalue weighted by molar-refractivity contribution is 7.89. The normalized spacial score (nSPS) is 22.5. The predicted molar refractivity (Wildman–Crippen MR) is 127 cm³/mol. The molecule has 0 spiro atoms. The molecule has 2 aromatic rings. The number of nitrogens with one attached hydrogen (secondary N) is 1. The van der Waals surface area contributed by atoms with Gasteiger partial charge in [0.2, 0.25) is 21.8 Å². The number of piperazine rings is 1. The van der Waals surface area contributed by atoms with E-state index < -0.39 is 21.5 Å². The summed E-state index contributed by atoms with van der Waals surface area (Å²) in [4.78, 5) is 28.9. The molecule has 176 valence electrons. The van der Waals surface area contributed by atoms with Crippen LogP contribution in [-0.4, -0.2) is 49.2 Å². The van der Waals surface area contributed by atoms with Gasteiger partial charge in [-0.3, -0.25) is 14.5 Å². The minimum absolute atomic E-state index is 0.0498. The van der Waals surface area contributed by atoms with Crippen LogP contribution in [0.25, 0.3) is 0 Å². The number of hydrogen-bond acceptors (Lipinski definition) is 4. The van der Waals surface area contributed by atoms with Crippen molar-refractivity contribution in [1.82, 2.24) is 9.62 Å². The van der Waals surface area contributed by atoms with E-state index in [2.05, 4.69) is 5.32 Å². The van der Waals surface area contributed by atoms with Crippen molar-refractivity contribution < 1.29 is 18.0 Å². The first-order chi connectivity index (χ1) is 15.8. The quantitative estimate of drug-likeness (QED) is 0.704. The molecule has 33 heavy (non-hydrogen) atoms. The molecule has 2 aliphatic rings. The van der Waals surface area contributed by atoms with Crippen molar-refractivity contribution in [2.24, 2.45) is 0 Å². The molecule has 1 saturated heterocycles. The maximum absolute atomic E-state index is 13.7. The number of para-hydroxylation sites is 1. The second kappa shape index (κ2) is 9.27. The number of hydrogen-bond donors (Lipinski definition) is 1. The molecule has 1 saturated carbocycles. The molecule has 1 heterocycles. The van der Waals surface area contributed by atoms with Crippen molar-refractivity contribution in [3.05, 3.63) is 60.2 Å². The molecular formula is C25H31N3O4S. The Morgan fingerprint density at radius 1 is 1.06 bits per heavy atom. The lowest BCUT2D eigenvalue weighted by molar-refractivity contribution is -0.133. The van der Waals surface area contributed by atoms with E-state index in [1.165, 1.54) is 17.0 Å². The van der Waals surface area contributed by atoms with Crippen molar-refractivity contribution in [3.63, 3.8) is 0 Å². The number of anilines is 1. The molecule has 1 atom stereocenters. The molecule has 0 bridgehead atoms. The summed E-state index contributed by atoms with van der Waals surface area (Å²) >= 11 is 0. The zero-order valence-electron chi connectivity index (χ0n) is 19.2. The number of aryl methyl sites for hydroxylation is 1. The molecule has 0 aromatic heterocycles. The SMILES string of the molecule is CCc1ccccc1N1C(=O)CN(S(=O)(=O)c2ccccc2)C[C@@]1(C)C(=O)NC1CCCC1. The zero-order valence-corrected chi connectivity index (χ0v) is 20.0. The largest absolute Gasteiger partial charge is 0.351 e. The third kappa shape index (κ3) is 4.42. The summed E-state index contributed by atoms with van der Waals surface area (Å²) in [6.45, 7) is 3.23. The monoisotopic (exact) mass is 469 g/mol. The van der Waals surface area contributed by atoms with Gasteiger partial charge in [0.05, 0.1) is 11.4 Å². The van der Waals surface area contributed by atoms with Crippen molar-refractivity contribution in [2.75, 3.05) is 18.0 Å². The van der Waals surface area contributed by atoms with E-state index >= 15 is 0 Å². The average Bonchev–Trinajstić information content (AvgIpc) is 3.32. The Bertz CT molecular complexity index is 1130. The minimum atomic E-state index is -3.94. The van der Waals surface area contributed by atoms with E-state index in [1.807, 2.05) is 31.2 Å². The second-order valence-electron chi connectivity index (χ2n) is 9.03. The highest BCUT2D eigenvalue weighted by Crippen LogP contribution is 2.34. The van der Waals surface area contributed by atoms with Gasteiger partial charge in [-0.2, -0.15) is 4.31 Å². The third-order valence-electron chi connectivity index (χ3n) is 6.71. The summed E-state index contributed by atoms with van der Waals surface area (Å²) < 4.78 is 27.9. The van der Waals surface area contributed by atoms with E-state index in [4.69, 9.17) is 0 Å². The van der Waals surface area contributed by atoms with Crippen LogP contribution in [0.15, 0.2) is 59.5 Å². The van der Waals surface area contributed by atoms with Crippen molar-refractivity contribution >= 4 is 27.5 Å². The van der Waals surface area contributed by atoms with Gasteiger partial charge in [0.25, 0.3) is 0 Å². The number of carbonyl (C=O) groups is 2. The summed E-state index contributed by atoms with van der Waals surface area (Å²) in [5.74, 6) is -0.729. The second-order valence-corrected chi connectivity index (χ2v) is 11.0. The molecule has 2 aromatic carbocycles. The lowest BCUT2D eigenvalue weighted by Gasteiger charge is -2.47. The van der Waals surface area contributed by atoms with E-state index in [9.17, 15) is 18.0 Å². The molecule has 2 amide bonds. The summed E-state index contributed by atoms with van der Waals surface area (Å²) in [5.41, 5.74) is 0.210. The van der Waals surface area contributed by atoms with Crippen LogP contribution < -0.4 is 10.2 Å². The first kappa shape index (κ1) is 23.4. The lowest BCUT2D eigenvalue weighted by Crippen LogP contribution is -2.70. The molecule has 2 fully saturated rings. The van der Waals surface area contributed by atoms with Crippen LogP contribution in [0, 0.1) is 0 Å². The number of nitrogens with zero attached hydrogens (tertiary/aromatic N) is 2. The van der Waals surface area contributed by atoms with Gasteiger partial charge in [0.1, 0.15) is 5.54 Å². The van der Waals surface area contributed by atoms with Crippen molar-refractivity contribution in [2.45, 2.75) is 62.4 Å². The molecule has 0 radical (unpaired) electrons. The molecule has 0 unspecified atom stereocenters. The maximum atomic E-state index is 13.7. The van der Waals surface area contributed by atoms with Gasteiger partial charge in [0, 0.05) is 18.3 Å². The number of amides is 2. The van der Waals surface area contributed by atoms with Gasteiger partial charge < -0.3 is 5.32 Å². The number of rotatable bonds is 6. The van der Waals surface area contributed by atoms with Crippen LogP contribution in [0.4, 0.5) is 5.69 Å². The Labute approximate surface area is 195 Å². The Kier molecular flexibility index (Phi) is 6.59. The maximum Gasteiger partial charge on any atom is 0.247 e. The number of sulfonamides is 1. The van der Waals surface area contributed by atoms with Crippen LogP contribution in [0.1, 0.15) is 45.1 Å². The summed E-state index contributed by atoms with van der Waals surface area (Å²) in [7, 11) is -3.94. The van der Waals surface area contributed by atoms with Crippen molar-refractivity contribution in [3.8, 4) is 0 Å². The fourth-order valence-electron chi connectivity index (χ4n) is 4.89. The highest BCUT2D eigenvalue weighted by Gasteiger charge is 2.51. The first-order valence-corrected chi connectivity index (χ1v) is 13.0. The minimum Gasteiger partial charge on any atom is -0.351 e. The van der Waals surface area contributed by atoms with E-state index in [-0.39, 0.29) is 29.9 Å². The Balaban J connectivity index is 1.76. The molecule has 7 nitrogen and oxygen atoms in total. The molecule has 1 aliphatic carbocycles. The van der Waals surface area contributed by atoms with Gasteiger partial charge in [-0.25, -0.2) is 8.42 Å². The van der Waals surface area contributed by atoms with Crippen LogP contribution in [0.5, 0.6) is 0 Å². The topological polar surface area (TPSA) is 86.8 Å². The summed E-state index contributed by atoms with van der Waals surface area (Å²) in [5, 5.41) is 3.10. The fraction of sp³-hybridized carbons (Fsp3) is 0.440. The molecule has 1 N–H and O–H groups in total. The predicted octanol–water partition coefficient (Wildman–Crippen LogP) is 3.10. The van der Waals surface area contributed by atoms with E-state index in [0.29, 0.717) is 12.1 Å². The molecule has 8 heteroatoms. The zero-order chi connectivity index (χ0) is 23.6. The summed E-state index contributed by atoms with van der Waals surface area (Å²) in [6, 6.07) is 15.6. The standard InChI is InChI=1S/C25H31N3O4S/c1-3-19-11-7-10-16-22(19)28-23(29)17-27(33(31,32)21-14-5-4-6-15-21)18-25(28,2)24(30)26-20-12-8-9-13-20/h4-7,10-11,14-16,20H,3,8-9,12-13,17-18H2,1-2H3,(H,26,30)/t25-/m0/s1. The van der Waals surface area contributed by atoms with Crippen molar-refractivity contribution in [1.29, 1.82) is 0 Å². The molecular weight excluding hydrogens is 438 g/mol. The Morgan fingerprint density at radius 3 is 2.36 bits per heavy atom. The Morgan fingerprint density at radius 2 is 1.70 bits per heavy atom. The van der Waals surface area contributed by atoms with Gasteiger partial charge in [0.15, 0.2) is 0 Å². The number of benzene rings is 2. The highest BCUT2D eigenvalue weighted by atomic mass is 32.2. The summed E-state index contributed by atoms with van der Waals surface area (Å²) in [6.07, 6.45) is 4.59. The average molecular weight is 470 g/mol. The molecule has 1 aliphatic heterocycles. The lowest BCUT2D eigenvalue weighted by atomic mass is 9.92. The Hall–Kier alpha value is -2.71. The van der Waals surface area contributed by atoms with Crippen LogP contribution >= 0.6 is 0 Å². The molecule has 4 rings (SSSR count). The van der Waals surface area contributed by atoms with Crippen LogP contribution in [0.2, 0.25) is 0 Å². The van der Waals surface area contributed by atoms with Crippen LogP contribution in [0.3, 0.4) is 0 Å². The van der Waals surface area contributed by atoms with Gasteiger partial charge >= 0.3 is 0 Å². The van der Waals surface area contributed by atoms with E-state index in [1.54, 1.807) is 25.1 Å². The number of carbonyl (C=O) groups excluding carboxylic acids is 2. The third-order valence-corrected chi connectivity index (χ3v) is 8.52. The first-order valence-electron chi connectivity index (χ1n) is 11.5. The van der Waals surface area contributed by atoms with Gasteiger partial charge in [-0.05, 0) is 49.9 Å². The van der Waals surface area contributed by atoms with Gasteiger partial charge in [-0.15, -0.1) is 0 Å². The van der Waals surface area contributed by atoms with E-state index in [0.717, 1.165) is 35.6 Å². The smallest absolute Gasteiger partial charge is 0.247 e. The van der Waals surface area contributed by atoms with Crippen LogP contribution in [-0.2, 0) is 26.0 Å².